The third-order valence-corrected chi connectivity index (χ3v) is 1.25. The minimum Gasteiger partial charge on any atom is -0.406 e. The molecule has 0 aromatic heterocycles. The van der Waals surface area contributed by atoms with E-state index in [-0.39, 0.29) is 5.56 Å². The summed E-state index contributed by atoms with van der Waals surface area (Å²) in [7, 11) is 0. The van der Waals surface area contributed by atoms with Crippen LogP contribution in [-0.4, -0.2) is 6.36 Å². The summed E-state index contributed by atoms with van der Waals surface area (Å²) in [6.07, 6.45) is -4.76. The molecule has 1 nitrogen and oxygen atoms in total. The summed E-state index contributed by atoms with van der Waals surface area (Å²) in [5.41, 5.74) is -0.137. The second-order valence-corrected chi connectivity index (χ2v) is 2.30. The van der Waals surface area contributed by atoms with Crippen LogP contribution in [0, 0.1) is 12.7 Å². The van der Waals surface area contributed by atoms with E-state index in [1.54, 1.807) is 0 Å². The zero-order valence-corrected chi connectivity index (χ0v) is 6.36. The SMILES string of the molecule is [CH2]c1cc(OC(F)(F)F)ccc1F. The Labute approximate surface area is 71.9 Å². The number of alkyl halides is 3. The normalized spacial score (nSPS) is 11.5. The second-order valence-electron chi connectivity index (χ2n) is 2.30. The topological polar surface area (TPSA) is 9.23 Å². The maximum absolute atomic E-state index is 12.5. The van der Waals surface area contributed by atoms with Crippen molar-refractivity contribution in [1.82, 2.24) is 0 Å². The maximum Gasteiger partial charge on any atom is 0.573 e. The predicted molar refractivity (Wildman–Crippen MR) is 37.5 cm³/mol. The molecule has 71 valence electrons. The van der Waals surface area contributed by atoms with Gasteiger partial charge in [-0.2, -0.15) is 0 Å². The Kier molecular flexibility index (Phi) is 2.45. The van der Waals surface area contributed by atoms with Crippen LogP contribution in [0.1, 0.15) is 5.56 Å². The van der Waals surface area contributed by atoms with Crippen molar-refractivity contribution in [1.29, 1.82) is 0 Å². The molecule has 0 aliphatic rings. The molecule has 0 aliphatic carbocycles. The van der Waals surface area contributed by atoms with E-state index in [2.05, 4.69) is 11.7 Å². The summed E-state index contributed by atoms with van der Waals surface area (Å²) >= 11 is 0. The first-order valence-corrected chi connectivity index (χ1v) is 3.26. The summed E-state index contributed by atoms with van der Waals surface area (Å²) < 4.78 is 51.0. The van der Waals surface area contributed by atoms with Gasteiger partial charge in [-0.3, -0.25) is 0 Å². The molecule has 0 N–H and O–H groups in total. The molecule has 0 bridgehead atoms. The molecule has 0 saturated heterocycles. The van der Waals surface area contributed by atoms with Crippen molar-refractivity contribution in [3.63, 3.8) is 0 Å². The molecule has 13 heavy (non-hydrogen) atoms. The molecule has 0 unspecified atom stereocenters. The first-order chi connectivity index (χ1) is 5.88. The predicted octanol–water partition coefficient (Wildman–Crippen LogP) is 2.91. The van der Waals surface area contributed by atoms with Crippen molar-refractivity contribution in [3.8, 4) is 5.75 Å². The first-order valence-electron chi connectivity index (χ1n) is 3.26. The quantitative estimate of drug-likeness (QED) is 0.623. The smallest absolute Gasteiger partial charge is 0.406 e. The number of hydrogen-bond donors (Lipinski definition) is 0. The minimum atomic E-state index is -4.76. The molecule has 0 saturated carbocycles. The highest BCUT2D eigenvalue weighted by molar-refractivity contribution is 5.31. The Morgan fingerprint density at radius 2 is 1.85 bits per heavy atom. The van der Waals surface area contributed by atoms with Crippen molar-refractivity contribution in [2.45, 2.75) is 6.36 Å². The van der Waals surface area contributed by atoms with E-state index in [1.807, 2.05) is 0 Å². The number of benzene rings is 1. The van der Waals surface area contributed by atoms with Gasteiger partial charge in [0.2, 0.25) is 0 Å². The van der Waals surface area contributed by atoms with Crippen molar-refractivity contribution in [3.05, 3.63) is 36.5 Å². The molecule has 0 spiro atoms. The van der Waals surface area contributed by atoms with E-state index in [0.717, 1.165) is 18.2 Å². The van der Waals surface area contributed by atoms with Gasteiger partial charge in [-0.25, -0.2) is 4.39 Å². The molecule has 1 rings (SSSR count). The molecule has 0 heterocycles. The molecule has 1 aromatic rings. The van der Waals surface area contributed by atoms with Gasteiger partial charge in [-0.1, -0.05) is 0 Å². The van der Waals surface area contributed by atoms with Crippen molar-refractivity contribution < 1.29 is 22.3 Å². The average Bonchev–Trinajstić information content (AvgIpc) is 1.94. The molecule has 0 aliphatic heterocycles. The fourth-order valence-corrected chi connectivity index (χ4v) is 0.748. The van der Waals surface area contributed by atoms with Crippen LogP contribution in [0.4, 0.5) is 17.6 Å². The van der Waals surface area contributed by atoms with Crippen LogP contribution in [0.3, 0.4) is 0 Å². The molecular formula is C8H5F4O. The fraction of sp³-hybridized carbons (Fsp3) is 0.125. The summed E-state index contributed by atoms with van der Waals surface area (Å²) in [5, 5.41) is 0. The van der Waals surface area contributed by atoms with Gasteiger partial charge in [-0.05, 0) is 30.7 Å². The number of rotatable bonds is 1. The second kappa shape index (κ2) is 3.24. The van der Waals surface area contributed by atoms with Crippen LogP contribution < -0.4 is 4.74 Å². The molecule has 0 fully saturated rings. The van der Waals surface area contributed by atoms with E-state index in [4.69, 9.17) is 0 Å². The van der Waals surface area contributed by atoms with Crippen LogP contribution >= 0.6 is 0 Å². The van der Waals surface area contributed by atoms with E-state index in [0.29, 0.717) is 0 Å². The van der Waals surface area contributed by atoms with Gasteiger partial charge in [-0.15, -0.1) is 13.2 Å². The zero-order valence-electron chi connectivity index (χ0n) is 6.36. The molecule has 1 radical (unpaired) electrons. The largest absolute Gasteiger partial charge is 0.573 e. The average molecular weight is 193 g/mol. The Hall–Kier alpha value is -1.26. The lowest BCUT2D eigenvalue weighted by Gasteiger charge is -2.08. The van der Waals surface area contributed by atoms with Gasteiger partial charge >= 0.3 is 6.36 Å². The van der Waals surface area contributed by atoms with Gasteiger partial charge in [0.05, 0.1) is 0 Å². The Morgan fingerprint density at radius 3 is 2.31 bits per heavy atom. The Balaban J connectivity index is 2.86. The van der Waals surface area contributed by atoms with E-state index in [9.17, 15) is 17.6 Å². The maximum atomic E-state index is 12.5. The molecule has 0 amide bonds. The molecule has 1 aromatic carbocycles. The van der Waals surface area contributed by atoms with Gasteiger partial charge in [0.25, 0.3) is 0 Å². The fourth-order valence-electron chi connectivity index (χ4n) is 0.748. The summed E-state index contributed by atoms with van der Waals surface area (Å²) in [6.45, 7) is 3.19. The number of ether oxygens (including phenoxy) is 1. The van der Waals surface area contributed by atoms with E-state index < -0.39 is 17.9 Å². The zero-order chi connectivity index (χ0) is 10.1. The highest BCUT2D eigenvalue weighted by Crippen LogP contribution is 2.24. The first kappa shape index (κ1) is 9.83. The Bertz CT molecular complexity index is 306. The van der Waals surface area contributed by atoms with Crippen molar-refractivity contribution in [2.24, 2.45) is 0 Å². The minimum absolute atomic E-state index is 0.137. The van der Waals surface area contributed by atoms with Gasteiger partial charge < -0.3 is 4.74 Å². The molecular weight excluding hydrogens is 188 g/mol. The number of halogens is 4. The van der Waals surface area contributed by atoms with Crippen molar-refractivity contribution in [2.75, 3.05) is 0 Å². The highest BCUT2D eigenvalue weighted by atomic mass is 19.4. The van der Waals surface area contributed by atoms with Crippen LogP contribution in [0.25, 0.3) is 0 Å². The van der Waals surface area contributed by atoms with Crippen LogP contribution in [0.2, 0.25) is 0 Å². The van der Waals surface area contributed by atoms with E-state index >= 15 is 0 Å². The van der Waals surface area contributed by atoms with E-state index in [1.165, 1.54) is 0 Å². The third kappa shape index (κ3) is 2.93. The lowest BCUT2D eigenvalue weighted by Crippen LogP contribution is -2.17. The van der Waals surface area contributed by atoms with Gasteiger partial charge in [0.15, 0.2) is 0 Å². The summed E-state index contributed by atoms with van der Waals surface area (Å²) in [6, 6.07) is 2.63. The molecule has 0 atom stereocenters. The summed E-state index contributed by atoms with van der Waals surface area (Å²) in [4.78, 5) is 0. The van der Waals surface area contributed by atoms with Crippen LogP contribution in [-0.2, 0) is 0 Å². The lowest BCUT2D eigenvalue weighted by molar-refractivity contribution is -0.274. The highest BCUT2D eigenvalue weighted by Gasteiger charge is 2.31. The van der Waals surface area contributed by atoms with Gasteiger partial charge in [0, 0.05) is 0 Å². The van der Waals surface area contributed by atoms with Crippen LogP contribution in [0.5, 0.6) is 5.75 Å². The number of hydrogen-bond acceptors (Lipinski definition) is 1. The lowest BCUT2D eigenvalue weighted by atomic mass is 10.2. The van der Waals surface area contributed by atoms with Crippen molar-refractivity contribution >= 4 is 0 Å². The van der Waals surface area contributed by atoms with Crippen LogP contribution in [0.15, 0.2) is 18.2 Å². The Morgan fingerprint density at radius 1 is 1.23 bits per heavy atom. The molecule has 5 heteroatoms. The summed E-state index contributed by atoms with van der Waals surface area (Å²) in [5.74, 6) is -1.14. The monoisotopic (exact) mass is 193 g/mol. The standard InChI is InChI=1S/C8H5F4O/c1-5-4-6(2-3-7(5)9)13-8(10,11)12/h2-4H,1H2. The van der Waals surface area contributed by atoms with Gasteiger partial charge in [0.1, 0.15) is 11.6 Å². The third-order valence-electron chi connectivity index (χ3n) is 1.25.